The lowest BCUT2D eigenvalue weighted by Crippen LogP contribution is -2.34. The highest BCUT2D eigenvalue weighted by atomic mass is 19.3. The number of methoxy groups -OCH3 is 1. The van der Waals surface area contributed by atoms with E-state index in [9.17, 15) is 8.78 Å². The van der Waals surface area contributed by atoms with Crippen molar-refractivity contribution in [2.24, 2.45) is 16.6 Å². The molecule has 1 aromatic rings. The number of aliphatic imine (C=N–C) groups is 1. The monoisotopic (exact) mass is 297 g/mol. The summed E-state index contributed by atoms with van der Waals surface area (Å²) in [7, 11) is 1.59. The highest BCUT2D eigenvalue weighted by Gasteiger charge is 2.40. The topological polar surface area (TPSA) is 59.6 Å². The predicted octanol–water partition coefficient (Wildman–Crippen LogP) is 3.25. The molecule has 0 bridgehead atoms. The van der Waals surface area contributed by atoms with Gasteiger partial charge in [-0.15, -0.1) is 0 Å². The van der Waals surface area contributed by atoms with Crippen LogP contribution in [0.1, 0.15) is 25.7 Å². The smallest absolute Gasteiger partial charge is 0.252 e. The van der Waals surface area contributed by atoms with E-state index < -0.39 is 11.8 Å². The van der Waals surface area contributed by atoms with Crippen LogP contribution >= 0.6 is 0 Å². The number of hydrogen-bond donors (Lipinski definition) is 2. The van der Waals surface area contributed by atoms with E-state index in [1.54, 1.807) is 31.4 Å². The van der Waals surface area contributed by atoms with Gasteiger partial charge in [-0.1, -0.05) is 6.42 Å². The Morgan fingerprint density at radius 3 is 2.71 bits per heavy atom. The number of nitrogens with zero attached hydrogens (tertiary/aromatic N) is 1. The van der Waals surface area contributed by atoms with Gasteiger partial charge in [-0.2, -0.15) is 0 Å². The number of rotatable bonds is 4. The molecule has 2 rings (SSSR count). The summed E-state index contributed by atoms with van der Waals surface area (Å²) in [6, 6.07) is 7.14. The number of guanidine groups is 1. The summed E-state index contributed by atoms with van der Waals surface area (Å²) in [5.41, 5.74) is 6.49. The maximum atomic E-state index is 13.7. The molecule has 1 fully saturated rings. The van der Waals surface area contributed by atoms with Gasteiger partial charge in [0.2, 0.25) is 0 Å². The van der Waals surface area contributed by atoms with E-state index in [0.29, 0.717) is 12.8 Å². The number of ether oxygens (including phenoxy) is 1. The van der Waals surface area contributed by atoms with E-state index in [0.717, 1.165) is 17.9 Å². The fraction of sp³-hybridized carbons (Fsp3) is 0.533. The molecule has 0 spiro atoms. The Bertz CT molecular complexity index is 488. The van der Waals surface area contributed by atoms with Crippen LogP contribution in [0.15, 0.2) is 29.3 Å². The van der Waals surface area contributed by atoms with Crippen molar-refractivity contribution in [2.45, 2.75) is 31.6 Å². The van der Waals surface area contributed by atoms with Gasteiger partial charge < -0.3 is 15.8 Å². The number of nitrogens with one attached hydrogen (secondary N) is 1. The third-order valence-corrected chi connectivity index (χ3v) is 3.75. The first-order valence-electron chi connectivity index (χ1n) is 7.10. The van der Waals surface area contributed by atoms with Crippen molar-refractivity contribution in [3.63, 3.8) is 0 Å². The van der Waals surface area contributed by atoms with Crippen LogP contribution in [0.4, 0.5) is 14.5 Å². The Kier molecular flexibility index (Phi) is 4.98. The Morgan fingerprint density at radius 1 is 1.38 bits per heavy atom. The Balaban J connectivity index is 1.91. The number of hydrogen-bond acceptors (Lipinski definition) is 2. The van der Waals surface area contributed by atoms with Crippen molar-refractivity contribution in [1.82, 2.24) is 0 Å². The van der Waals surface area contributed by atoms with Crippen LogP contribution in [0, 0.1) is 5.92 Å². The molecule has 6 heteroatoms. The summed E-state index contributed by atoms with van der Waals surface area (Å²) in [5, 5.41) is 2.89. The summed E-state index contributed by atoms with van der Waals surface area (Å²) in [5.74, 6) is -2.44. The molecule has 0 heterocycles. The average Bonchev–Trinajstić information content (AvgIpc) is 2.46. The molecular weight excluding hydrogens is 276 g/mol. The van der Waals surface area contributed by atoms with Crippen molar-refractivity contribution in [3.8, 4) is 5.75 Å². The lowest BCUT2D eigenvalue weighted by molar-refractivity contribution is -0.0814. The van der Waals surface area contributed by atoms with Gasteiger partial charge in [0.1, 0.15) is 5.75 Å². The number of benzene rings is 1. The molecule has 1 aromatic carbocycles. The van der Waals surface area contributed by atoms with Gasteiger partial charge in [0.25, 0.3) is 5.92 Å². The molecule has 3 N–H and O–H groups in total. The molecule has 1 aliphatic rings. The van der Waals surface area contributed by atoms with Crippen molar-refractivity contribution < 1.29 is 13.5 Å². The molecule has 1 unspecified atom stereocenters. The number of halogens is 2. The van der Waals surface area contributed by atoms with Gasteiger partial charge in [-0.3, -0.25) is 4.99 Å². The van der Waals surface area contributed by atoms with Gasteiger partial charge in [0.05, 0.1) is 13.7 Å². The molecule has 116 valence electrons. The quantitative estimate of drug-likeness (QED) is 0.662. The molecular formula is C15H21F2N3O. The van der Waals surface area contributed by atoms with Crippen LogP contribution in [0.2, 0.25) is 0 Å². The Hall–Kier alpha value is -1.85. The third kappa shape index (κ3) is 4.31. The first-order chi connectivity index (χ1) is 10.0. The normalized spacial score (nSPS) is 21.9. The second kappa shape index (κ2) is 6.74. The predicted molar refractivity (Wildman–Crippen MR) is 80.0 cm³/mol. The SMILES string of the molecule is COc1ccc(NC(N)=NCC2CCCCC2(F)F)cc1. The summed E-state index contributed by atoms with van der Waals surface area (Å²) in [6.45, 7) is 0.0575. The molecule has 0 aliphatic heterocycles. The largest absolute Gasteiger partial charge is 0.497 e. The standard InChI is InChI=1S/C15H21F2N3O/c1-21-13-7-5-12(6-8-13)20-14(18)19-10-11-4-2-3-9-15(11,16)17/h5-8,11H,2-4,9-10H2,1H3,(H3,18,19,20). The van der Waals surface area contributed by atoms with E-state index in [-0.39, 0.29) is 18.9 Å². The van der Waals surface area contributed by atoms with Crippen molar-refractivity contribution in [3.05, 3.63) is 24.3 Å². The molecule has 0 radical (unpaired) electrons. The second-order valence-corrected chi connectivity index (χ2v) is 5.28. The first kappa shape index (κ1) is 15.5. The summed E-state index contributed by atoms with van der Waals surface area (Å²) in [6.07, 6.45) is 1.89. The Morgan fingerprint density at radius 2 is 2.10 bits per heavy atom. The number of alkyl halides is 2. The van der Waals surface area contributed by atoms with E-state index in [2.05, 4.69) is 10.3 Å². The number of anilines is 1. The summed E-state index contributed by atoms with van der Waals surface area (Å²) in [4.78, 5) is 4.05. The van der Waals surface area contributed by atoms with E-state index in [1.165, 1.54) is 0 Å². The fourth-order valence-electron chi connectivity index (χ4n) is 2.46. The zero-order valence-corrected chi connectivity index (χ0v) is 12.1. The zero-order chi connectivity index (χ0) is 15.3. The van der Waals surface area contributed by atoms with Gasteiger partial charge in [0.15, 0.2) is 5.96 Å². The van der Waals surface area contributed by atoms with Crippen molar-refractivity contribution in [2.75, 3.05) is 19.0 Å². The lowest BCUT2D eigenvalue weighted by atomic mass is 9.86. The molecule has 1 atom stereocenters. The molecule has 21 heavy (non-hydrogen) atoms. The Labute approximate surface area is 123 Å². The second-order valence-electron chi connectivity index (χ2n) is 5.28. The fourth-order valence-corrected chi connectivity index (χ4v) is 2.46. The summed E-state index contributed by atoms with van der Waals surface area (Å²) < 4.78 is 32.4. The minimum Gasteiger partial charge on any atom is -0.497 e. The molecule has 0 amide bonds. The minimum atomic E-state index is -2.62. The maximum Gasteiger partial charge on any atom is 0.252 e. The van der Waals surface area contributed by atoms with Gasteiger partial charge in [0, 0.05) is 18.0 Å². The molecule has 4 nitrogen and oxygen atoms in total. The average molecular weight is 297 g/mol. The van der Waals surface area contributed by atoms with Crippen LogP contribution in [-0.4, -0.2) is 25.5 Å². The molecule has 0 aromatic heterocycles. The highest BCUT2D eigenvalue weighted by Crippen LogP contribution is 2.38. The van der Waals surface area contributed by atoms with Gasteiger partial charge in [-0.25, -0.2) is 8.78 Å². The number of nitrogens with two attached hydrogens (primary N) is 1. The van der Waals surface area contributed by atoms with Crippen LogP contribution in [-0.2, 0) is 0 Å². The zero-order valence-electron chi connectivity index (χ0n) is 12.1. The van der Waals surface area contributed by atoms with Crippen LogP contribution in [0.3, 0.4) is 0 Å². The van der Waals surface area contributed by atoms with Crippen LogP contribution < -0.4 is 15.8 Å². The van der Waals surface area contributed by atoms with Crippen LogP contribution in [0.25, 0.3) is 0 Å². The summed E-state index contributed by atoms with van der Waals surface area (Å²) >= 11 is 0. The van der Waals surface area contributed by atoms with Crippen LogP contribution in [0.5, 0.6) is 5.75 Å². The highest BCUT2D eigenvalue weighted by molar-refractivity contribution is 5.92. The molecule has 0 saturated heterocycles. The van der Waals surface area contributed by atoms with Crippen molar-refractivity contribution >= 4 is 11.6 Å². The van der Waals surface area contributed by atoms with Gasteiger partial charge >= 0.3 is 0 Å². The third-order valence-electron chi connectivity index (χ3n) is 3.75. The molecule has 1 aliphatic carbocycles. The van der Waals surface area contributed by atoms with Crippen molar-refractivity contribution in [1.29, 1.82) is 0 Å². The van der Waals surface area contributed by atoms with E-state index in [4.69, 9.17) is 10.5 Å². The van der Waals surface area contributed by atoms with E-state index >= 15 is 0 Å². The first-order valence-corrected chi connectivity index (χ1v) is 7.10. The minimum absolute atomic E-state index is 0.0427. The van der Waals surface area contributed by atoms with Gasteiger partial charge in [-0.05, 0) is 37.1 Å². The molecule has 1 saturated carbocycles. The maximum absolute atomic E-state index is 13.7. The lowest BCUT2D eigenvalue weighted by Gasteiger charge is -2.30. The van der Waals surface area contributed by atoms with E-state index in [1.807, 2.05) is 0 Å².